The largest absolute Gasteiger partial charge is 0.340 e. The van der Waals surface area contributed by atoms with Crippen molar-refractivity contribution in [1.82, 2.24) is 4.72 Å². The molecular weight excluding hydrogens is 364 g/mol. The van der Waals surface area contributed by atoms with Crippen molar-refractivity contribution in [3.63, 3.8) is 0 Å². The molecule has 0 heterocycles. The van der Waals surface area contributed by atoms with E-state index < -0.39 is 25.0 Å². The van der Waals surface area contributed by atoms with E-state index in [1.807, 2.05) is 0 Å². The zero-order valence-corrected chi connectivity index (χ0v) is 14.1. The summed E-state index contributed by atoms with van der Waals surface area (Å²) < 4.78 is 52.2. The second kappa shape index (κ2) is 6.26. The standard InChI is InChI=1S/C13H11ClN2O5S2/c1-9-7-11(16-23(14,20)21)12(8-13(9)17)15-22(18,19)10-5-3-2-4-6-10/h2-8,15H,1H3/b16-11-. The number of benzene rings is 1. The Morgan fingerprint density at radius 3 is 2.22 bits per heavy atom. The van der Waals surface area contributed by atoms with E-state index in [4.69, 9.17) is 10.7 Å². The average molecular weight is 375 g/mol. The van der Waals surface area contributed by atoms with Crippen LogP contribution in [-0.2, 0) is 24.1 Å². The van der Waals surface area contributed by atoms with E-state index in [1.54, 1.807) is 6.07 Å². The normalized spacial score (nSPS) is 17.7. The van der Waals surface area contributed by atoms with Gasteiger partial charge in [-0.2, -0.15) is 8.42 Å². The fourth-order valence-corrected chi connectivity index (χ4v) is 3.45. The highest BCUT2D eigenvalue weighted by atomic mass is 35.7. The lowest BCUT2D eigenvalue weighted by Gasteiger charge is -2.15. The third-order valence-corrected chi connectivity index (χ3v) is 4.80. The molecule has 7 nitrogen and oxygen atoms in total. The van der Waals surface area contributed by atoms with E-state index in [0.717, 1.165) is 12.2 Å². The first-order valence-electron chi connectivity index (χ1n) is 6.15. The maximum atomic E-state index is 12.3. The molecule has 122 valence electrons. The molecule has 10 heteroatoms. The van der Waals surface area contributed by atoms with Crippen molar-refractivity contribution < 1.29 is 21.6 Å². The van der Waals surface area contributed by atoms with Crippen LogP contribution >= 0.6 is 10.7 Å². The molecule has 1 aromatic carbocycles. The first-order valence-corrected chi connectivity index (χ1v) is 9.90. The SMILES string of the molecule is CC1=C/C(=N/S(=O)(=O)Cl)C(NS(=O)(=O)c2ccccc2)=CC1=O. The summed E-state index contributed by atoms with van der Waals surface area (Å²) in [5.74, 6) is -0.471. The number of nitrogens with one attached hydrogen (secondary N) is 1. The van der Waals surface area contributed by atoms with Gasteiger partial charge in [-0.15, -0.1) is 4.40 Å². The summed E-state index contributed by atoms with van der Waals surface area (Å²) in [5, 5.41) is 0. The lowest BCUT2D eigenvalue weighted by atomic mass is 10.0. The molecule has 0 amide bonds. The summed E-state index contributed by atoms with van der Waals surface area (Å²) in [5.41, 5.74) is -0.336. The predicted octanol–water partition coefficient (Wildman–Crippen LogP) is 1.30. The van der Waals surface area contributed by atoms with Crippen molar-refractivity contribution in [2.24, 2.45) is 4.40 Å². The summed E-state index contributed by atoms with van der Waals surface area (Å²) in [6.45, 7) is 1.44. The van der Waals surface area contributed by atoms with Gasteiger partial charge in [-0.25, -0.2) is 8.42 Å². The van der Waals surface area contributed by atoms with Gasteiger partial charge in [0.15, 0.2) is 5.78 Å². The van der Waals surface area contributed by atoms with Crippen LogP contribution in [0, 0.1) is 0 Å². The van der Waals surface area contributed by atoms with Gasteiger partial charge in [0, 0.05) is 16.8 Å². The maximum Gasteiger partial charge on any atom is 0.340 e. The minimum Gasteiger partial charge on any atom is -0.290 e. The highest BCUT2D eigenvalue weighted by Gasteiger charge is 2.23. The lowest BCUT2D eigenvalue weighted by molar-refractivity contribution is -0.111. The molecule has 2 rings (SSSR count). The topological polar surface area (TPSA) is 110 Å². The van der Waals surface area contributed by atoms with Gasteiger partial charge in [0.25, 0.3) is 10.0 Å². The Bertz CT molecular complexity index is 945. The summed E-state index contributed by atoms with van der Waals surface area (Å²) >= 11 is 0. The summed E-state index contributed by atoms with van der Waals surface area (Å²) in [6, 6.07) is 7.39. The van der Waals surface area contributed by atoms with E-state index in [9.17, 15) is 21.6 Å². The molecule has 0 saturated heterocycles. The summed E-state index contributed by atoms with van der Waals surface area (Å²) in [6.07, 6.45) is 2.10. The zero-order chi connectivity index (χ0) is 17.3. The van der Waals surface area contributed by atoms with Gasteiger partial charge in [0.2, 0.25) is 0 Å². The fraction of sp³-hybridized carbons (Fsp3) is 0.0769. The molecule has 0 aliphatic heterocycles. The van der Waals surface area contributed by atoms with Crippen LogP contribution in [0.1, 0.15) is 6.92 Å². The highest BCUT2D eigenvalue weighted by Crippen LogP contribution is 2.16. The number of allylic oxidation sites excluding steroid dienone is 3. The molecule has 1 aromatic rings. The molecule has 1 N–H and O–H groups in total. The zero-order valence-electron chi connectivity index (χ0n) is 11.7. The number of hydrogen-bond acceptors (Lipinski definition) is 5. The van der Waals surface area contributed by atoms with Crippen molar-refractivity contribution in [2.45, 2.75) is 11.8 Å². The van der Waals surface area contributed by atoms with Gasteiger partial charge in [0.1, 0.15) is 5.71 Å². The summed E-state index contributed by atoms with van der Waals surface area (Å²) in [7, 11) is -3.23. The van der Waals surface area contributed by atoms with Crippen LogP contribution in [0.25, 0.3) is 0 Å². The van der Waals surface area contributed by atoms with Crippen LogP contribution < -0.4 is 4.72 Å². The Morgan fingerprint density at radius 2 is 1.65 bits per heavy atom. The third kappa shape index (κ3) is 4.50. The average Bonchev–Trinajstić information content (AvgIpc) is 2.43. The smallest absolute Gasteiger partial charge is 0.290 e. The Labute approximate surface area is 138 Å². The number of ketones is 1. The number of hydrogen-bond donors (Lipinski definition) is 1. The van der Waals surface area contributed by atoms with E-state index in [1.165, 1.54) is 31.2 Å². The Kier molecular flexibility index (Phi) is 4.73. The third-order valence-electron chi connectivity index (χ3n) is 2.80. The first-order chi connectivity index (χ1) is 10.6. The molecule has 23 heavy (non-hydrogen) atoms. The number of carbonyl (C=O) groups excluding carboxylic acids is 1. The number of rotatable bonds is 4. The number of sulfonamides is 1. The minimum atomic E-state index is -4.29. The van der Waals surface area contributed by atoms with Gasteiger partial charge in [-0.05, 0) is 30.7 Å². The molecular formula is C13H11ClN2O5S2. The monoisotopic (exact) mass is 374 g/mol. The number of halogens is 1. The molecule has 0 spiro atoms. The fourth-order valence-electron chi connectivity index (χ4n) is 1.75. The van der Waals surface area contributed by atoms with E-state index in [-0.39, 0.29) is 21.9 Å². The molecule has 0 atom stereocenters. The van der Waals surface area contributed by atoms with Gasteiger partial charge in [0.05, 0.1) is 10.6 Å². The first kappa shape index (κ1) is 17.4. The quantitative estimate of drug-likeness (QED) is 0.631. The van der Waals surface area contributed by atoms with E-state index in [2.05, 4.69) is 9.12 Å². The van der Waals surface area contributed by atoms with E-state index >= 15 is 0 Å². The van der Waals surface area contributed by atoms with Crippen molar-refractivity contribution in [3.05, 3.63) is 53.8 Å². The molecule has 0 radical (unpaired) electrons. The molecule has 1 aliphatic rings. The molecule has 0 unspecified atom stereocenters. The second-order valence-electron chi connectivity index (χ2n) is 4.56. The van der Waals surface area contributed by atoms with Gasteiger partial charge in [-0.3, -0.25) is 9.52 Å². The van der Waals surface area contributed by atoms with Gasteiger partial charge < -0.3 is 0 Å². The maximum absolute atomic E-state index is 12.3. The van der Waals surface area contributed by atoms with Crippen molar-refractivity contribution in [3.8, 4) is 0 Å². The van der Waals surface area contributed by atoms with Gasteiger partial charge in [-0.1, -0.05) is 18.2 Å². The van der Waals surface area contributed by atoms with Crippen LogP contribution in [0.15, 0.2) is 63.0 Å². The predicted molar refractivity (Wildman–Crippen MR) is 85.8 cm³/mol. The van der Waals surface area contributed by atoms with E-state index in [0.29, 0.717) is 0 Å². The van der Waals surface area contributed by atoms with Crippen LogP contribution in [0.3, 0.4) is 0 Å². The Morgan fingerprint density at radius 1 is 1.04 bits per heavy atom. The summed E-state index contributed by atoms with van der Waals surface area (Å²) in [4.78, 5) is 11.7. The molecule has 0 aromatic heterocycles. The molecule has 0 fully saturated rings. The van der Waals surface area contributed by atoms with Crippen LogP contribution in [-0.4, -0.2) is 28.3 Å². The Hall–Kier alpha value is -1.97. The molecule has 0 bridgehead atoms. The lowest BCUT2D eigenvalue weighted by Crippen LogP contribution is -2.30. The van der Waals surface area contributed by atoms with Crippen LogP contribution in [0.2, 0.25) is 0 Å². The number of nitrogens with zero attached hydrogens (tertiary/aromatic N) is 1. The van der Waals surface area contributed by atoms with Crippen molar-refractivity contribution >= 4 is 41.4 Å². The second-order valence-corrected chi connectivity index (χ2v) is 8.42. The van der Waals surface area contributed by atoms with Gasteiger partial charge >= 0.3 is 9.24 Å². The van der Waals surface area contributed by atoms with Crippen molar-refractivity contribution in [1.29, 1.82) is 0 Å². The number of carbonyl (C=O) groups is 1. The minimum absolute atomic E-state index is 0.0484. The Balaban J connectivity index is 2.46. The molecule has 0 saturated carbocycles. The highest BCUT2D eigenvalue weighted by molar-refractivity contribution is 8.12. The van der Waals surface area contributed by atoms with Crippen LogP contribution in [0.4, 0.5) is 0 Å². The van der Waals surface area contributed by atoms with Crippen molar-refractivity contribution in [2.75, 3.05) is 0 Å². The van der Waals surface area contributed by atoms with Crippen LogP contribution in [0.5, 0.6) is 0 Å². The molecule has 1 aliphatic carbocycles.